The minimum atomic E-state index is -0.576. The van der Waals surface area contributed by atoms with E-state index in [2.05, 4.69) is 5.32 Å². The van der Waals surface area contributed by atoms with Gasteiger partial charge in [0, 0.05) is 18.2 Å². The van der Waals surface area contributed by atoms with Crippen molar-refractivity contribution in [3.63, 3.8) is 0 Å². The average Bonchev–Trinajstić information content (AvgIpc) is 2.95. The molecule has 2 aromatic rings. The van der Waals surface area contributed by atoms with Gasteiger partial charge in [-0.2, -0.15) is 0 Å². The van der Waals surface area contributed by atoms with Crippen molar-refractivity contribution >= 4 is 51.5 Å². The summed E-state index contributed by atoms with van der Waals surface area (Å²) >= 11 is 6.51. The lowest BCUT2D eigenvalue weighted by atomic mass is 10.2. The van der Waals surface area contributed by atoms with Crippen LogP contribution < -0.4 is 19.7 Å². The number of benzene rings is 2. The van der Waals surface area contributed by atoms with E-state index in [0.29, 0.717) is 21.5 Å². The summed E-state index contributed by atoms with van der Waals surface area (Å²) in [5.74, 6) is 0.370. The zero-order valence-electron chi connectivity index (χ0n) is 14.8. The van der Waals surface area contributed by atoms with Crippen LogP contribution in [0.15, 0.2) is 48.5 Å². The summed E-state index contributed by atoms with van der Waals surface area (Å²) in [7, 11) is 3.02. The molecule has 1 aliphatic rings. The first-order valence-electron chi connectivity index (χ1n) is 8.15. The van der Waals surface area contributed by atoms with Gasteiger partial charge in [-0.15, -0.1) is 0 Å². The van der Waals surface area contributed by atoms with Gasteiger partial charge >= 0.3 is 0 Å². The van der Waals surface area contributed by atoms with Gasteiger partial charge in [0.05, 0.1) is 19.9 Å². The molecule has 0 aliphatic carbocycles. The second-order valence-corrected chi connectivity index (χ2v) is 7.57. The van der Waals surface area contributed by atoms with Crippen molar-refractivity contribution < 1.29 is 19.1 Å². The fourth-order valence-electron chi connectivity index (χ4n) is 2.72. The number of anilines is 2. The van der Waals surface area contributed by atoms with Crippen LogP contribution in [0.25, 0.3) is 0 Å². The second-order valence-electron chi connectivity index (χ2n) is 5.69. The number of carbonyl (C=O) groups is 2. The molecule has 1 heterocycles. The fraction of sp³-hybridized carbons (Fsp3) is 0.211. The number of methoxy groups -OCH3 is 2. The molecule has 140 valence electrons. The van der Waals surface area contributed by atoms with Gasteiger partial charge in [0.15, 0.2) is 0 Å². The third kappa shape index (κ3) is 4.23. The molecule has 6 nitrogen and oxygen atoms in total. The highest BCUT2D eigenvalue weighted by Gasteiger charge is 2.41. The van der Waals surface area contributed by atoms with Crippen LogP contribution in [0.1, 0.15) is 6.42 Å². The highest BCUT2D eigenvalue weighted by Crippen LogP contribution is 2.37. The topological polar surface area (TPSA) is 67.9 Å². The number of ether oxygens (including phenoxy) is 2. The summed E-state index contributed by atoms with van der Waals surface area (Å²) in [6.07, 6.45) is 0.0787. The first-order valence-corrected chi connectivity index (χ1v) is 9.43. The Kier molecular flexibility index (Phi) is 5.98. The quantitative estimate of drug-likeness (QED) is 0.607. The van der Waals surface area contributed by atoms with Crippen molar-refractivity contribution in [3.8, 4) is 11.5 Å². The number of hydrogen-bond acceptors (Lipinski definition) is 6. The number of thiocarbonyl (C=S) groups is 1. The summed E-state index contributed by atoms with van der Waals surface area (Å²) in [4.78, 5) is 26.5. The maximum atomic E-state index is 12.8. The van der Waals surface area contributed by atoms with Gasteiger partial charge in [0.1, 0.15) is 21.1 Å². The van der Waals surface area contributed by atoms with Crippen molar-refractivity contribution in [2.45, 2.75) is 11.7 Å². The lowest BCUT2D eigenvalue weighted by Crippen LogP contribution is -2.32. The first kappa shape index (κ1) is 19.2. The van der Waals surface area contributed by atoms with Crippen LogP contribution >= 0.6 is 24.0 Å². The number of nitrogens with zero attached hydrogens (tertiary/aromatic N) is 1. The van der Waals surface area contributed by atoms with Crippen molar-refractivity contribution in [2.24, 2.45) is 0 Å². The standard InChI is InChI=1S/C19H18N2O4S2/c1-24-13-8-9-14(15(10-13)25-2)21-17(22)11-16(18(21)23)27-19(26)20-12-6-4-3-5-7-12/h3-10,16H,11H2,1-2H3,(H,20,26). The molecule has 0 spiro atoms. The number of amides is 2. The zero-order chi connectivity index (χ0) is 19.4. The lowest BCUT2D eigenvalue weighted by molar-refractivity contribution is -0.121. The Labute approximate surface area is 166 Å². The first-order chi connectivity index (χ1) is 13.0. The molecule has 0 saturated carbocycles. The van der Waals surface area contributed by atoms with Crippen molar-refractivity contribution in [3.05, 3.63) is 48.5 Å². The predicted octanol–water partition coefficient (Wildman–Crippen LogP) is 3.47. The molecule has 8 heteroatoms. The van der Waals surface area contributed by atoms with Crippen LogP contribution in [-0.2, 0) is 9.59 Å². The van der Waals surface area contributed by atoms with Gasteiger partial charge in [-0.1, -0.05) is 42.2 Å². The van der Waals surface area contributed by atoms with E-state index in [1.165, 1.54) is 26.0 Å². The van der Waals surface area contributed by atoms with Crippen LogP contribution in [0.5, 0.6) is 11.5 Å². The van der Waals surface area contributed by atoms with Crippen molar-refractivity contribution in [1.82, 2.24) is 0 Å². The number of rotatable bonds is 5. The molecule has 2 aromatic carbocycles. The third-order valence-corrected chi connectivity index (χ3v) is 5.36. The predicted molar refractivity (Wildman–Crippen MR) is 111 cm³/mol. The maximum absolute atomic E-state index is 12.8. The molecule has 3 rings (SSSR count). The molecule has 2 amide bonds. The number of nitrogens with one attached hydrogen (secondary N) is 1. The second kappa shape index (κ2) is 8.41. The average molecular weight is 402 g/mol. The Hall–Kier alpha value is -2.58. The fourth-order valence-corrected chi connectivity index (χ4v) is 4.05. The Morgan fingerprint density at radius 2 is 1.89 bits per heavy atom. The Balaban J connectivity index is 1.74. The third-order valence-electron chi connectivity index (χ3n) is 4.00. The molecule has 0 radical (unpaired) electrons. The number of para-hydroxylation sites is 1. The Morgan fingerprint density at radius 1 is 1.15 bits per heavy atom. The number of thioether (sulfide) groups is 1. The summed E-state index contributed by atoms with van der Waals surface area (Å²) < 4.78 is 10.9. The summed E-state index contributed by atoms with van der Waals surface area (Å²) in [5.41, 5.74) is 1.23. The van der Waals surface area contributed by atoms with E-state index in [4.69, 9.17) is 21.7 Å². The van der Waals surface area contributed by atoms with E-state index in [1.54, 1.807) is 18.2 Å². The Bertz CT molecular complexity index is 873. The molecule has 1 unspecified atom stereocenters. The highest BCUT2D eigenvalue weighted by molar-refractivity contribution is 8.24. The van der Waals surface area contributed by atoms with Crippen LogP contribution in [0.3, 0.4) is 0 Å². The molecule has 1 aliphatic heterocycles. The van der Waals surface area contributed by atoms with Gasteiger partial charge in [-0.3, -0.25) is 9.59 Å². The van der Waals surface area contributed by atoms with Gasteiger partial charge in [0.2, 0.25) is 11.8 Å². The molecule has 1 saturated heterocycles. The van der Waals surface area contributed by atoms with Crippen LogP contribution in [-0.4, -0.2) is 35.6 Å². The van der Waals surface area contributed by atoms with E-state index in [-0.39, 0.29) is 18.2 Å². The van der Waals surface area contributed by atoms with Gasteiger partial charge < -0.3 is 14.8 Å². The monoisotopic (exact) mass is 402 g/mol. The van der Waals surface area contributed by atoms with E-state index >= 15 is 0 Å². The van der Waals surface area contributed by atoms with E-state index < -0.39 is 5.25 Å². The normalized spacial score (nSPS) is 16.4. The van der Waals surface area contributed by atoms with Crippen molar-refractivity contribution in [1.29, 1.82) is 0 Å². The molecule has 1 fully saturated rings. The van der Waals surface area contributed by atoms with Crippen LogP contribution in [0, 0.1) is 0 Å². The largest absolute Gasteiger partial charge is 0.497 e. The van der Waals surface area contributed by atoms with E-state index in [9.17, 15) is 9.59 Å². The summed E-state index contributed by atoms with van der Waals surface area (Å²) in [5, 5.41) is 2.49. The highest BCUT2D eigenvalue weighted by atomic mass is 32.2. The SMILES string of the molecule is COc1ccc(N2C(=O)CC(SC(=S)Nc3ccccc3)C2=O)c(OC)c1. The molecule has 1 atom stereocenters. The van der Waals surface area contributed by atoms with Crippen LogP contribution in [0.2, 0.25) is 0 Å². The zero-order valence-corrected chi connectivity index (χ0v) is 16.4. The maximum Gasteiger partial charge on any atom is 0.247 e. The minimum Gasteiger partial charge on any atom is -0.497 e. The molecular formula is C19H18N2O4S2. The lowest BCUT2D eigenvalue weighted by Gasteiger charge is -2.18. The van der Waals surface area contributed by atoms with Gasteiger partial charge in [-0.05, 0) is 24.3 Å². The van der Waals surface area contributed by atoms with Crippen LogP contribution in [0.4, 0.5) is 11.4 Å². The Morgan fingerprint density at radius 3 is 2.56 bits per heavy atom. The molecule has 0 bridgehead atoms. The van der Waals surface area contributed by atoms with Gasteiger partial charge in [0.25, 0.3) is 0 Å². The molecule has 27 heavy (non-hydrogen) atoms. The molecule has 0 aromatic heterocycles. The number of hydrogen-bond donors (Lipinski definition) is 1. The van der Waals surface area contributed by atoms with Crippen molar-refractivity contribution in [2.75, 3.05) is 24.4 Å². The summed E-state index contributed by atoms with van der Waals surface area (Å²) in [6.45, 7) is 0. The number of imide groups is 1. The van der Waals surface area contributed by atoms with Gasteiger partial charge in [-0.25, -0.2) is 4.90 Å². The summed E-state index contributed by atoms with van der Waals surface area (Å²) in [6, 6.07) is 14.4. The smallest absolute Gasteiger partial charge is 0.247 e. The number of carbonyl (C=O) groups excluding carboxylic acids is 2. The molecular weight excluding hydrogens is 384 g/mol. The molecule has 1 N–H and O–H groups in total. The van der Waals surface area contributed by atoms with E-state index in [0.717, 1.165) is 10.6 Å². The minimum absolute atomic E-state index is 0.0787. The van der Waals surface area contributed by atoms with E-state index in [1.807, 2.05) is 30.3 Å².